The SMILES string of the molecule is O=C(Cc1c(Cl)cccc1Cl)NC1C2CC3CC(C2)CC1C3. The smallest absolute Gasteiger partial charge is 0.224 e. The summed E-state index contributed by atoms with van der Waals surface area (Å²) in [5, 5.41) is 4.46. The van der Waals surface area contributed by atoms with Crippen LogP contribution in [0.25, 0.3) is 0 Å². The molecule has 4 bridgehead atoms. The van der Waals surface area contributed by atoms with Crippen molar-refractivity contribution in [2.24, 2.45) is 23.7 Å². The summed E-state index contributed by atoms with van der Waals surface area (Å²) in [7, 11) is 0. The number of hydrogen-bond donors (Lipinski definition) is 1. The molecule has 5 rings (SSSR count). The summed E-state index contributed by atoms with van der Waals surface area (Å²) in [6.07, 6.45) is 6.95. The lowest BCUT2D eigenvalue weighted by molar-refractivity contribution is -0.124. The topological polar surface area (TPSA) is 29.1 Å². The number of benzene rings is 1. The molecule has 0 spiro atoms. The molecule has 1 amide bonds. The molecule has 0 aromatic heterocycles. The van der Waals surface area contributed by atoms with Gasteiger partial charge in [-0.25, -0.2) is 0 Å². The lowest BCUT2D eigenvalue weighted by atomic mass is 9.54. The Kier molecular flexibility index (Phi) is 3.86. The van der Waals surface area contributed by atoms with Crippen molar-refractivity contribution < 1.29 is 4.79 Å². The molecule has 0 radical (unpaired) electrons. The van der Waals surface area contributed by atoms with Gasteiger partial charge >= 0.3 is 0 Å². The average molecular weight is 338 g/mol. The van der Waals surface area contributed by atoms with Crippen molar-refractivity contribution in [1.82, 2.24) is 5.32 Å². The van der Waals surface area contributed by atoms with Gasteiger partial charge in [-0.1, -0.05) is 29.3 Å². The van der Waals surface area contributed by atoms with Gasteiger partial charge in [0.15, 0.2) is 0 Å². The Balaban J connectivity index is 1.44. The fourth-order valence-electron chi connectivity index (χ4n) is 5.26. The molecule has 4 aliphatic rings. The first-order chi connectivity index (χ1) is 10.6. The minimum atomic E-state index is 0.0625. The molecule has 4 saturated carbocycles. The molecule has 0 saturated heterocycles. The third-order valence-electron chi connectivity index (χ3n) is 5.95. The highest BCUT2D eigenvalue weighted by molar-refractivity contribution is 6.36. The van der Waals surface area contributed by atoms with Crippen LogP contribution in [-0.4, -0.2) is 11.9 Å². The Morgan fingerprint density at radius 1 is 1.00 bits per heavy atom. The Morgan fingerprint density at radius 2 is 1.55 bits per heavy atom. The summed E-state index contributed by atoms with van der Waals surface area (Å²) in [6, 6.07) is 5.77. The molecule has 0 aliphatic heterocycles. The van der Waals surface area contributed by atoms with Crippen molar-refractivity contribution >= 4 is 29.1 Å². The van der Waals surface area contributed by atoms with Gasteiger partial charge in [0.1, 0.15) is 0 Å². The molecular weight excluding hydrogens is 317 g/mol. The van der Waals surface area contributed by atoms with Gasteiger partial charge in [0.2, 0.25) is 5.91 Å². The van der Waals surface area contributed by atoms with Crippen LogP contribution in [0.4, 0.5) is 0 Å². The predicted octanol–water partition coefficient (Wildman–Crippen LogP) is 4.48. The number of amides is 1. The molecule has 4 fully saturated rings. The normalized spacial score (nSPS) is 35.6. The van der Waals surface area contributed by atoms with E-state index < -0.39 is 0 Å². The molecule has 2 nitrogen and oxygen atoms in total. The van der Waals surface area contributed by atoms with E-state index in [4.69, 9.17) is 23.2 Å². The zero-order valence-corrected chi connectivity index (χ0v) is 14.0. The van der Waals surface area contributed by atoms with Gasteiger partial charge in [0, 0.05) is 16.1 Å². The lowest BCUT2D eigenvalue weighted by Crippen LogP contribution is -2.56. The Labute approximate surface area is 141 Å². The van der Waals surface area contributed by atoms with Crippen LogP contribution < -0.4 is 5.32 Å². The van der Waals surface area contributed by atoms with E-state index in [1.54, 1.807) is 12.1 Å². The van der Waals surface area contributed by atoms with Crippen molar-refractivity contribution in [2.75, 3.05) is 0 Å². The van der Waals surface area contributed by atoms with Crippen molar-refractivity contribution in [2.45, 2.75) is 44.6 Å². The molecular formula is C18H21Cl2NO. The van der Waals surface area contributed by atoms with Crippen LogP contribution in [0.3, 0.4) is 0 Å². The van der Waals surface area contributed by atoms with E-state index in [1.807, 2.05) is 6.07 Å². The molecule has 1 N–H and O–H groups in total. The summed E-state index contributed by atoms with van der Waals surface area (Å²) < 4.78 is 0. The van der Waals surface area contributed by atoms with Gasteiger partial charge in [0.25, 0.3) is 0 Å². The van der Waals surface area contributed by atoms with Crippen molar-refractivity contribution in [3.8, 4) is 0 Å². The van der Waals surface area contributed by atoms with E-state index >= 15 is 0 Å². The number of carbonyl (C=O) groups is 1. The monoisotopic (exact) mass is 337 g/mol. The van der Waals surface area contributed by atoms with E-state index in [0.717, 1.165) is 17.4 Å². The third kappa shape index (κ3) is 2.65. The van der Waals surface area contributed by atoms with Gasteiger partial charge in [-0.3, -0.25) is 4.79 Å². The summed E-state index contributed by atoms with van der Waals surface area (Å²) >= 11 is 12.3. The highest BCUT2D eigenvalue weighted by atomic mass is 35.5. The van der Waals surface area contributed by atoms with E-state index in [1.165, 1.54) is 32.1 Å². The van der Waals surface area contributed by atoms with Crippen LogP contribution in [0.5, 0.6) is 0 Å². The molecule has 0 atom stereocenters. The highest BCUT2D eigenvalue weighted by Gasteiger charge is 2.48. The standard InChI is InChI=1S/C18H21Cl2NO/c19-15-2-1-3-16(20)14(15)9-17(22)21-18-12-5-10-4-11(7-12)8-13(18)6-10/h1-3,10-13,18H,4-9H2,(H,21,22). The quantitative estimate of drug-likeness (QED) is 0.865. The van der Waals surface area contributed by atoms with E-state index in [0.29, 0.717) is 27.9 Å². The molecule has 1 aromatic carbocycles. The van der Waals surface area contributed by atoms with Gasteiger partial charge in [-0.15, -0.1) is 0 Å². The van der Waals surface area contributed by atoms with Gasteiger partial charge in [0.05, 0.1) is 6.42 Å². The molecule has 22 heavy (non-hydrogen) atoms. The van der Waals surface area contributed by atoms with Gasteiger partial charge < -0.3 is 5.32 Å². The summed E-state index contributed by atoms with van der Waals surface area (Å²) in [4.78, 5) is 12.5. The lowest BCUT2D eigenvalue weighted by Gasteiger charge is -2.54. The maximum Gasteiger partial charge on any atom is 0.224 e. The van der Waals surface area contributed by atoms with Crippen LogP contribution in [0.15, 0.2) is 18.2 Å². The first kappa shape index (κ1) is 14.8. The predicted molar refractivity (Wildman–Crippen MR) is 89.1 cm³/mol. The van der Waals surface area contributed by atoms with Crippen LogP contribution in [0.2, 0.25) is 10.0 Å². The van der Waals surface area contributed by atoms with Crippen LogP contribution in [0.1, 0.15) is 37.7 Å². The Bertz CT molecular complexity index is 552. The van der Waals surface area contributed by atoms with E-state index in [-0.39, 0.29) is 12.3 Å². The van der Waals surface area contributed by atoms with Crippen molar-refractivity contribution in [3.05, 3.63) is 33.8 Å². The average Bonchev–Trinajstić information content (AvgIpc) is 2.46. The number of halogens is 2. The zero-order chi connectivity index (χ0) is 15.3. The minimum Gasteiger partial charge on any atom is -0.353 e. The second-order valence-corrected chi connectivity index (χ2v) is 8.22. The van der Waals surface area contributed by atoms with Gasteiger partial charge in [-0.05, 0) is 73.5 Å². The zero-order valence-electron chi connectivity index (χ0n) is 12.5. The molecule has 118 valence electrons. The second-order valence-electron chi connectivity index (χ2n) is 7.40. The molecule has 4 aliphatic carbocycles. The molecule has 0 unspecified atom stereocenters. The maximum absolute atomic E-state index is 12.5. The number of carbonyl (C=O) groups excluding carboxylic acids is 1. The van der Waals surface area contributed by atoms with E-state index in [2.05, 4.69) is 5.32 Å². The first-order valence-electron chi connectivity index (χ1n) is 8.32. The highest BCUT2D eigenvalue weighted by Crippen LogP contribution is 2.53. The second kappa shape index (κ2) is 5.72. The fraction of sp³-hybridized carbons (Fsp3) is 0.611. The summed E-state index contributed by atoms with van der Waals surface area (Å²) in [6.45, 7) is 0. The van der Waals surface area contributed by atoms with Gasteiger partial charge in [-0.2, -0.15) is 0 Å². The Morgan fingerprint density at radius 3 is 2.09 bits per heavy atom. The number of rotatable bonds is 3. The van der Waals surface area contributed by atoms with Crippen LogP contribution in [0, 0.1) is 23.7 Å². The van der Waals surface area contributed by atoms with E-state index in [9.17, 15) is 4.79 Å². The first-order valence-corrected chi connectivity index (χ1v) is 9.08. The van der Waals surface area contributed by atoms with Crippen LogP contribution >= 0.6 is 23.2 Å². The number of nitrogens with one attached hydrogen (secondary N) is 1. The summed E-state index contributed by atoms with van der Waals surface area (Å²) in [5.74, 6) is 3.30. The minimum absolute atomic E-state index is 0.0625. The fourth-order valence-corrected chi connectivity index (χ4v) is 5.79. The number of hydrogen-bond acceptors (Lipinski definition) is 1. The maximum atomic E-state index is 12.5. The molecule has 0 heterocycles. The molecule has 4 heteroatoms. The molecule has 1 aromatic rings. The van der Waals surface area contributed by atoms with Crippen molar-refractivity contribution in [1.29, 1.82) is 0 Å². The third-order valence-corrected chi connectivity index (χ3v) is 6.66. The van der Waals surface area contributed by atoms with Crippen LogP contribution in [-0.2, 0) is 11.2 Å². The Hall–Kier alpha value is -0.730. The van der Waals surface area contributed by atoms with Crippen molar-refractivity contribution in [3.63, 3.8) is 0 Å². The largest absolute Gasteiger partial charge is 0.353 e. The summed E-state index contributed by atoms with van der Waals surface area (Å²) in [5.41, 5.74) is 0.743.